The summed E-state index contributed by atoms with van der Waals surface area (Å²) < 4.78 is 37.6. The molecule has 2 N–H and O–H groups in total. The average Bonchev–Trinajstić information content (AvgIpc) is 3.22. The van der Waals surface area contributed by atoms with Gasteiger partial charge in [0.05, 0.1) is 26.3 Å². The van der Waals surface area contributed by atoms with Gasteiger partial charge in [0.15, 0.2) is 0 Å². The number of nitrogens with one attached hydrogen (secondary N) is 2. The van der Waals surface area contributed by atoms with Crippen LogP contribution in [0.5, 0.6) is 5.75 Å². The Morgan fingerprint density at radius 1 is 1.14 bits per heavy atom. The van der Waals surface area contributed by atoms with E-state index in [1.807, 2.05) is 0 Å². The molecule has 0 spiro atoms. The van der Waals surface area contributed by atoms with Crippen molar-refractivity contribution in [1.29, 1.82) is 0 Å². The molecule has 2 heterocycles. The highest BCUT2D eigenvalue weighted by Crippen LogP contribution is 2.25. The SMILES string of the molecule is O=C(NCCOc1ccc(Cl)cc1)NCc1ccc(S(=O)(=O)N2CCOCC2)s1. The quantitative estimate of drug-likeness (QED) is 0.590. The largest absolute Gasteiger partial charge is 0.492 e. The van der Waals surface area contributed by atoms with Crippen molar-refractivity contribution in [3.8, 4) is 5.75 Å². The molecular weight excluding hydrogens is 438 g/mol. The third-order valence-electron chi connectivity index (χ3n) is 4.09. The van der Waals surface area contributed by atoms with Gasteiger partial charge in [-0.15, -0.1) is 11.3 Å². The number of amides is 2. The molecule has 0 radical (unpaired) electrons. The van der Waals surface area contributed by atoms with E-state index >= 15 is 0 Å². The molecule has 0 aliphatic carbocycles. The Morgan fingerprint density at radius 3 is 2.59 bits per heavy atom. The molecule has 1 saturated heterocycles. The summed E-state index contributed by atoms with van der Waals surface area (Å²) in [5, 5.41) is 6.02. The van der Waals surface area contributed by atoms with E-state index in [0.29, 0.717) is 50.2 Å². The Morgan fingerprint density at radius 2 is 1.86 bits per heavy atom. The number of carbonyl (C=O) groups excluding carboxylic acids is 1. The normalized spacial score (nSPS) is 15.1. The van der Waals surface area contributed by atoms with Crippen LogP contribution >= 0.6 is 22.9 Å². The van der Waals surface area contributed by atoms with Crippen LogP contribution in [0.15, 0.2) is 40.6 Å². The Balaban J connectivity index is 1.39. The second-order valence-corrected chi connectivity index (χ2v) is 9.92. The van der Waals surface area contributed by atoms with Crippen LogP contribution in [0.25, 0.3) is 0 Å². The number of benzene rings is 1. The van der Waals surface area contributed by atoms with E-state index in [2.05, 4.69) is 10.6 Å². The molecule has 0 atom stereocenters. The Bertz CT molecular complexity index is 912. The lowest BCUT2D eigenvalue weighted by Crippen LogP contribution is -2.40. The van der Waals surface area contributed by atoms with Gasteiger partial charge in [-0.1, -0.05) is 11.6 Å². The average molecular weight is 460 g/mol. The number of carbonyl (C=O) groups is 1. The molecule has 1 aromatic carbocycles. The molecule has 0 bridgehead atoms. The van der Waals surface area contributed by atoms with Crippen LogP contribution < -0.4 is 15.4 Å². The van der Waals surface area contributed by atoms with Crippen molar-refractivity contribution in [2.45, 2.75) is 10.8 Å². The van der Waals surface area contributed by atoms with E-state index in [1.54, 1.807) is 36.4 Å². The minimum Gasteiger partial charge on any atom is -0.492 e. The fourth-order valence-corrected chi connectivity index (χ4v) is 5.58. The van der Waals surface area contributed by atoms with Crippen LogP contribution in [-0.2, 0) is 21.3 Å². The molecule has 2 amide bonds. The van der Waals surface area contributed by atoms with Gasteiger partial charge in [-0.2, -0.15) is 4.31 Å². The molecule has 1 aliphatic heterocycles. The lowest BCUT2D eigenvalue weighted by Gasteiger charge is -2.25. The van der Waals surface area contributed by atoms with Crippen LogP contribution in [0.3, 0.4) is 0 Å². The van der Waals surface area contributed by atoms with Crippen molar-refractivity contribution in [3.63, 3.8) is 0 Å². The first-order chi connectivity index (χ1) is 13.9. The maximum absolute atomic E-state index is 12.6. The number of halogens is 1. The first kappa shape index (κ1) is 21.8. The fourth-order valence-electron chi connectivity index (χ4n) is 2.60. The van der Waals surface area contributed by atoms with Crippen LogP contribution in [0.2, 0.25) is 5.02 Å². The zero-order chi connectivity index (χ0) is 20.7. The first-order valence-corrected chi connectivity index (χ1v) is 11.7. The van der Waals surface area contributed by atoms with E-state index < -0.39 is 10.0 Å². The van der Waals surface area contributed by atoms with Crippen LogP contribution in [0.4, 0.5) is 4.79 Å². The molecule has 0 saturated carbocycles. The topological polar surface area (TPSA) is 97.0 Å². The molecule has 1 fully saturated rings. The lowest BCUT2D eigenvalue weighted by molar-refractivity contribution is 0.0731. The van der Waals surface area contributed by atoms with Gasteiger partial charge in [0, 0.05) is 23.0 Å². The molecular formula is C18H22ClN3O5S2. The highest BCUT2D eigenvalue weighted by atomic mass is 35.5. The summed E-state index contributed by atoms with van der Waals surface area (Å²) in [6.07, 6.45) is 0. The van der Waals surface area contributed by atoms with Crippen LogP contribution in [0, 0.1) is 0 Å². The molecule has 3 rings (SSSR count). The third kappa shape index (κ3) is 6.31. The molecule has 29 heavy (non-hydrogen) atoms. The summed E-state index contributed by atoms with van der Waals surface area (Å²) in [5.74, 6) is 0.671. The van der Waals surface area contributed by atoms with Crippen molar-refractivity contribution in [3.05, 3.63) is 46.3 Å². The van der Waals surface area contributed by atoms with Crippen LogP contribution in [0.1, 0.15) is 4.88 Å². The van der Waals surface area contributed by atoms with Gasteiger partial charge in [0.25, 0.3) is 10.0 Å². The molecule has 0 unspecified atom stereocenters. The smallest absolute Gasteiger partial charge is 0.315 e. The van der Waals surface area contributed by atoms with Gasteiger partial charge in [-0.05, 0) is 36.4 Å². The zero-order valence-corrected chi connectivity index (χ0v) is 18.0. The van der Waals surface area contributed by atoms with Gasteiger partial charge in [-0.3, -0.25) is 0 Å². The predicted octanol–water partition coefficient (Wildman–Crippen LogP) is 2.30. The van der Waals surface area contributed by atoms with Crippen molar-refractivity contribution in [2.75, 3.05) is 39.5 Å². The standard InChI is InChI=1S/C18H22ClN3O5S2/c19-14-1-3-15(4-2-14)27-10-7-20-18(23)21-13-16-5-6-17(28-16)29(24,25)22-8-11-26-12-9-22/h1-6H,7-13H2,(H2,20,21,23). The monoisotopic (exact) mass is 459 g/mol. The van der Waals surface area contributed by atoms with Gasteiger partial charge < -0.3 is 20.1 Å². The summed E-state index contributed by atoms with van der Waals surface area (Å²) >= 11 is 6.96. The zero-order valence-electron chi connectivity index (χ0n) is 15.6. The molecule has 2 aromatic rings. The van der Waals surface area contributed by atoms with Gasteiger partial charge in [0.2, 0.25) is 0 Å². The highest BCUT2D eigenvalue weighted by Gasteiger charge is 2.27. The summed E-state index contributed by atoms with van der Waals surface area (Å²) in [6.45, 7) is 2.41. The molecule has 11 heteroatoms. The maximum atomic E-state index is 12.6. The van der Waals surface area contributed by atoms with E-state index in [-0.39, 0.29) is 16.8 Å². The van der Waals surface area contributed by atoms with Crippen molar-refractivity contribution < 1.29 is 22.7 Å². The minimum absolute atomic E-state index is 0.243. The fraction of sp³-hybridized carbons (Fsp3) is 0.389. The Kier molecular flexibility index (Phi) is 7.73. The van der Waals surface area contributed by atoms with Gasteiger partial charge >= 0.3 is 6.03 Å². The lowest BCUT2D eigenvalue weighted by atomic mass is 10.3. The number of nitrogens with zero attached hydrogens (tertiary/aromatic N) is 1. The number of sulfonamides is 1. The third-order valence-corrected chi connectivity index (χ3v) is 7.80. The second kappa shape index (κ2) is 10.3. The minimum atomic E-state index is -3.51. The number of ether oxygens (including phenoxy) is 2. The highest BCUT2D eigenvalue weighted by molar-refractivity contribution is 7.91. The van der Waals surface area contributed by atoms with E-state index in [9.17, 15) is 13.2 Å². The number of hydrogen-bond acceptors (Lipinski definition) is 6. The van der Waals surface area contributed by atoms with E-state index in [1.165, 1.54) is 4.31 Å². The summed E-state index contributed by atoms with van der Waals surface area (Å²) in [6, 6.07) is 9.89. The van der Waals surface area contributed by atoms with Gasteiger partial charge in [0.1, 0.15) is 16.6 Å². The summed E-state index contributed by atoms with van der Waals surface area (Å²) in [4.78, 5) is 12.6. The van der Waals surface area contributed by atoms with Crippen molar-refractivity contribution >= 4 is 39.0 Å². The number of morpholine rings is 1. The van der Waals surface area contributed by atoms with Crippen molar-refractivity contribution in [1.82, 2.24) is 14.9 Å². The maximum Gasteiger partial charge on any atom is 0.315 e. The van der Waals surface area contributed by atoms with Crippen LogP contribution in [-0.4, -0.2) is 58.2 Å². The molecule has 1 aliphatic rings. The molecule has 8 nitrogen and oxygen atoms in total. The number of urea groups is 1. The van der Waals surface area contributed by atoms with E-state index in [4.69, 9.17) is 21.1 Å². The van der Waals surface area contributed by atoms with E-state index in [0.717, 1.165) is 16.2 Å². The second-order valence-electron chi connectivity index (χ2n) is 6.15. The predicted molar refractivity (Wildman–Crippen MR) is 111 cm³/mol. The molecule has 158 valence electrons. The number of rotatable bonds is 8. The summed E-state index contributed by atoms with van der Waals surface area (Å²) in [7, 11) is -3.51. The first-order valence-electron chi connectivity index (χ1n) is 9.02. The molecule has 1 aromatic heterocycles. The summed E-state index contributed by atoms with van der Waals surface area (Å²) in [5.41, 5.74) is 0. The van der Waals surface area contributed by atoms with Crippen molar-refractivity contribution in [2.24, 2.45) is 0 Å². The van der Waals surface area contributed by atoms with Gasteiger partial charge in [-0.25, -0.2) is 13.2 Å². The number of thiophene rings is 1. The Labute approximate surface area is 178 Å². The number of hydrogen-bond donors (Lipinski definition) is 2. The Hall–Kier alpha value is -1.85.